The van der Waals surface area contributed by atoms with Gasteiger partial charge < -0.3 is 4.90 Å². The van der Waals surface area contributed by atoms with Crippen LogP contribution in [0.2, 0.25) is 5.15 Å². The Morgan fingerprint density at radius 1 is 1.09 bits per heavy atom. The first-order chi connectivity index (χ1) is 15.7. The molecule has 0 unspecified atom stereocenters. The predicted octanol–water partition coefficient (Wildman–Crippen LogP) is 3.24. The van der Waals surface area contributed by atoms with Crippen molar-refractivity contribution in [2.45, 2.75) is 45.1 Å². The maximum atomic E-state index is 13.3. The van der Waals surface area contributed by atoms with Gasteiger partial charge in [-0.05, 0) is 44.0 Å². The molecule has 0 bridgehead atoms. The van der Waals surface area contributed by atoms with Crippen molar-refractivity contribution in [3.05, 3.63) is 46.5 Å². The standard InChI is InChI=1S/C22H29ClFN5O3S/c1-16-20(21(23)29(25-16)19-10-8-17(24)9-11-19)22(30)27-12-14-28(15-13-27)33(31,32)26(2)18-6-4-3-5-7-18/h8-11,18H,3-7,12-15H2,1-2H3. The molecular formula is C22H29ClFN5O3S. The van der Waals surface area contributed by atoms with Crippen LogP contribution < -0.4 is 0 Å². The number of carbonyl (C=O) groups is 1. The molecule has 2 heterocycles. The molecule has 33 heavy (non-hydrogen) atoms. The Bertz CT molecular complexity index is 1110. The Kier molecular flexibility index (Phi) is 7.09. The molecule has 1 aromatic carbocycles. The third kappa shape index (κ3) is 4.80. The molecule has 1 amide bonds. The van der Waals surface area contributed by atoms with Crippen molar-refractivity contribution < 1.29 is 17.6 Å². The van der Waals surface area contributed by atoms with Crippen LogP contribution in [0.5, 0.6) is 0 Å². The van der Waals surface area contributed by atoms with Crippen LogP contribution in [0.15, 0.2) is 24.3 Å². The van der Waals surface area contributed by atoms with E-state index in [1.54, 1.807) is 18.9 Å². The van der Waals surface area contributed by atoms with Crippen molar-refractivity contribution in [1.29, 1.82) is 0 Å². The summed E-state index contributed by atoms with van der Waals surface area (Å²) >= 11 is 6.49. The van der Waals surface area contributed by atoms with E-state index in [0.29, 0.717) is 11.4 Å². The largest absolute Gasteiger partial charge is 0.336 e. The second-order valence-corrected chi connectivity index (χ2v) is 11.0. The molecule has 2 aromatic rings. The van der Waals surface area contributed by atoms with Crippen LogP contribution in [0, 0.1) is 12.7 Å². The van der Waals surface area contributed by atoms with Gasteiger partial charge in [0.15, 0.2) is 0 Å². The third-order valence-electron chi connectivity index (χ3n) is 6.59. The SMILES string of the molecule is Cc1nn(-c2ccc(F)cc2)c(Cl)c1C(=O)N1CCN(S(=O)(=O)N(C)C2CCCCC2)CC1. The maximum Gasteiger partial charge on any atom is 0.282 e. The van der Waals surface area contributed by atoms with Crippen LogP contribution >= 0.6 is 11.6 Å². The molecule has 0 spiro atoms. The number of nitrogens with zero attached hydrogens (tertiary/aromatic N) is 5. The van der Waals surface area contributed by atoms with Gasteiger partial charge in [0.2, 0.25) is 0 Å². The molecule has 11 heteroatoms. The van der Waals surface area contributed by atoms with Gasteiger partial charge >= 0.3 is 0 Å². The van der Waals surface area contributed by atoms with Gasteiger partial charge in [0, 0.05) is 39.3 Å². The molecule has 0 N–H and O–H groups in total. The van der Waals surface area contributed by atoms with E-state index in [1.165, 1.54) is 37.6 Å². The molecule has 2 aliphatic rings. The average Bonchev–Trinajstić information content (AvgIpc) is 3.13. The van der Waals surface area contributed by atoms with E-state index in [9.17, 15) is 17.6 Å². The molecule has 180 valence electrons. The van der Waals surface area contributed by atoms with Gasteiger partial charge in [0.1, 0.15) is 11.0 Å². The Morgan fingerprint density at radius 2 is 1.70 bits per heavy atom. The van der Waals surface area contributed by atoms with E-state index < -0.39 is 10.2 Å². The number of rotatable bonds is 5. The summed E-state index contributed by atoms with van der Waals surface area (Å²) in [6.45, 7) is 2.70. The molecule has 8 nitrogen and oxygen atoms in total. The molecule has 0 atom stereocenters. The zero-order chi connectivity index (χ0) is 23.8. The van der Waals surface area contributed by atoms with Gasteiger partial charge in [-0.3, -0.25) is 4.79 Å². The summed E-state index contributed by atoms with van der Waals surface area (Å²) < 4.78 is 43.9. The Morgan fingerprint density at radius 3 is 2.30 bits per heavy atom. The second kappa shape index (κ2) is 9.69. The highest BCUT2D eigenvalue weighted by atomic mass is 35.5. The van der Waals surface area contributed by atoms with E-state index in [2.05, 4.69) is 5.10 Å². The van der Waals surface area contributed by atoms with Crippen molar-refractivity contribution in [3.63, 3.8) is 0 Å². The molecule has 4 rings (SSSR count). The van der Waals surface area contributed by atoms with Crippen LogP contribution in [0.25, 0.3) is 5.69 Å². The number of carbonyl (C=O) groups excluding carboxylic acids is 1. The zero-order valence-electron chi connectivity index (χ0n) is 18.9. The lowest BCUT2D eigenvalue weighted by Gasteiger charge is -2.38. The minimum atomic E-state index is -3.57. The normalized spacial score (nSPS) is 18.8. The molecule has 0 radical (unpaired) electrons. The Balaban J connectivity index is 1.45. The number of benzene rings is 1. The summed E-state index contributed by atoms with van der Waals surface area (Å²) in [5.74, 6) is -0.666. The highest BCUT2D eigenvalue weighted by Crippen LogP contribution is 2.27. The maximum absolute atomic E-state index is 13.3. The zero-order valence-corrected chi connectivity index (χ0v) is 20.4. The summed E-state index contributed by atoms with van der Waals surface area (Å²) in [7, 11) is -1.91. The lowest BCUT2D eigenvalue weighted by Crippen LogP contribution is -2.55. The van der Waals surface area contributed by atoms with Gasteiger partial charge in [-0.1, -0.05) is 30.9 Å². The summed E-state index contributed by atoms with van der Waals surface area (Å²) in [6.07, 6.45) is 5.05. The smallest absolute Gasteiger partial charge is 0.282 e. The first kappa shape index (κ1) is 24.1. The lowest BCUT2D eigenvalue weighted by atomic mass is 9.96. The van der Waals surface area contributed by atoms with E-state index in [-0.39, 0.29) is 54.7 Å². The van der Waals surface area contributed by atoms with Crippen molar-refractivity contribution in [1.82, 2.24) is 23.3 Å². The van der Waals surface area contributed by atoms with Crippen molar-refractivity contribution in [2.75, 3.05) is 33.2 Å². The third-order valence-corrected chi connectivity index (χ3v) is 8.99. The highest BCUT2D eigenvalue weighted by molar-refractivity contribution is 7.86. The van der Waals surface area contributed by atoms with Crippen LogP contribution in [0.3, 0.4) is 0 Å². The quantitative estimate of drug-likeness (QED) is 0.635. The van der Waals surface area contributed by atoms with Crippen LogP contribution in [-0.4, -0.2) is 76.9 Å². The van der Waals surface area contributed by atoms with Gasteiger partial charge in [-0.15, -0.1) is 0 Å². The number of aryl methyl sites for hydroxylation is 1. The number of halogens is 2. The fourth-order valence-corrected chi connectivity index (χ4v) is 6.52. The van der Waals surface area contributed by atoms with Gasteiger partial charge in [-0.2, -0.15) is 22.1 Å². The Labute approximate surface area is 199 Å². The minimum absolute atomic E-state index is 0.0437. The molecule has 2 fully saturated rings. The molecule has 1 aliphatic heterocycles. The molecule has 1 aromatic heterocycles. The fraction of sp³-hybridized carbons (Fsp3) is 0.545. The van der Waals surface area contributed by atoms with Crippen LogP contribution in [0.4, 0.5) is 4.39 Å². The molecule has 1 aliphatic carbocycles. The molecule has 1 saturated heterocycles. The molecule has 1 saturated carbocycles. The topological polar surface area (TPSA) is 78.8 Å². The fourth-order valence-electron chi connectivity index (χ4n) is 4.59. The first-order valence-electron chi connectivity index (χ1n) is 11.2. The van der Waals surface area contributed by atoms with Crippen LogP contribution in [-0.2, 0) is 10.2 Å². The summed E-state index contributed by atoms with van der Waals surface area (Å²) in [6, 6.07) is 5.72. The minimum Gasteiger partial charge on any atom is -0.336 e. The van der Waals surface area contributed by atoms with E-state index in [1.807, 2.05) is 0 Å². The van der Waals surface area contributed by atoms with Crippen molar-refractivity contribution in [2.24, 2.45) is 0 Å². The summed E-state index contributed by atoms with van der Waals surface area (Å²) in [5, 5.41) is 4.51. The summed E-state index contributed by atoms with van der Waals surface area (Å²) in [4.78, 5) is 14.8. The van der Waals surface area contributed by atoms with Gasteiger partial charge in [0.25, 0.3) is 16.1 Å². The highest BCUT2D eigenvalue weighted by Gasteiger charge is 2.36. The van der Waals surface area contributed by atoms with Crippen molar-refractivity contribution >= 4 is 27.7 Å². The van der Waals surface area contributed by atoms with Crippen molar-refractivity contribution in [3.8, 4) is 5.69 Å². The number of aromatic nitrogens is 2. The van der Waals surface area contributed by atoms with E-state index in [0.717, 1.165) is 32.1 Å². The lowest BCUT2D eigenvalue weighted by molar-refractivity contribution is 0.0692. The van der Waals surface area contributed by atoms with Gasteiger partial charge in [0.05, 0.1) is 16.9 Å². The molecular weight excluding hydrogens is 469 g/mol. The van der Waals surface area contributed by atoms with Crippen LogP contribution in [0.1, 0.15) is 48.2 Å². The van der Waals surface area contributed by atoms with Gasteiger partial charge in [-0.25, -0.2) is 9.07 Å². The first-order valence-corrected chi connectivity index (χ1v) is 13.0. The van der Waals surface area contributed by atoms with E-state index in [4.69, 9.17) is 11.6 Å². The average molecular weight is 498 g/mol. The number of amides is 1. The number of hydrogen-bond acceptors (Lipinski definition) is 4. The second-order valence-electron chi connectivity index (χ2n) is 8.65. The monoisotopic (exact) mass is 497 g/mol. The Hall–Kier alpha value is -2.01. The number of hydrogen-bond donors (Lipinski definition) is 0. The predicted molar refractivity (Wildman–Crippen MR) is 124 cm³/mol. The number of piperazine rings is 1. The summed E-state index contributed by atoms with van der Waals surface area (Å²) in [5.41, 5.74) is 1.28. The van der Waals surface area contributed by atoms with E-state index >= 15 is 0 Å².